The van der Waals surface area contributed by atoms with E-state index in [-0.39, 0.29) is 17.8 Å². The minimum atomic E-state index is -0.397. The van der Waals surface area contributed by atoms with Gasteiger partial charge in [-0.3, -0.25) is 9.59 Å². The van der Waals surface area contributed by atoms with E-state index in [0.29, 0.717) is 23.2 Å². The molecule has 0 saturated heterocycles. The van der Waals surface area contributed by atoms with Crippen LogP contribution >= 0.6 is 0 Å². The fraction of sp³-hybridized carbons (Fsp3) is 0.0800. The molecule has 152 valence electrons. The number of H-pyrrole nitrogens is 2. The van der Waals surface area contributed by atoms with Crippen LogP contribution in [0.3, 0.4) is 0 Å². The molecule has 0 spiro atoms. The number of ketones is 1. The van der Waals surface area contributed by atoms with Crippen LogP contribution < -0.4 is 11.3 Å². The van der Waals surface area contributed by atoms with Gasteiger partial charge in [0.1, 0.15) is 5.82 Å². The van der Waals surface area contributed by atoms with Crippen molar-refractivity contribution in [2.24, 2.45) is 0 Å². The Morgan fingerprint density at radius 1 is 0.903 bits per heavy atom. The minimum absolute atomic E-state index is 0.153. The summed E-state index contributed by atoms with van der Waals surface area (Å²) < 4.78 is 0. The molecule has 0 atom stereocenters. The number of para-hydroxylation sites is 2. The summed E-state index contributed by atoms with van der Waals surface area (Å²) in [4.78, 5) is 36.9. The van der Waals surface area contributed by atoms with Crippen molar-refractivity contribution in [2.45, 2.75) is 12.8 Å². The first-order chi connectivity index (χ1) is 15.1. The molecule has 5 aromatic rings. The van der Waals surface area contributed by atoms with Crippen LogP contribution in [-0.2, 0) is 6.42 Å². The van der Waals surface area contributed by atoms with Gasteiger partial charge in [0.15, 0.2) is 5.78 Å². The van der Waals surface area contributed by atoms with Gasteiger partial charge in [0, 0.05) is 35.0 Å². The number of hydrogen-bond donors (Lipinski definition) is 3. The van der Waals surface area contributed by atoms with Gasteiger partial charge < -0.3 is 15.7 Å². The quantitative estimate of drug-likeness (QED) is 0.295. The highest BCUT2D eigenvalue weighted by atomic mass is 16.1. The van der Waals surface area contributed by atoms with Crippen LogP contribution in [0.4, 0.5) is 5.69 Å². The Bertz CT molecular complexity index is 1450. The summed E-state index contributed by atoms with van der Waals surface area (Å²) in [6.07, 6.45) is 0.576. The molecule has 3 aromatic carbocycles. The average Bonchev–Trinajstić information content (AvgIpc) is 3.20. The SMILES string of the molecule is Nc1ccc2[nH]c(=O)c(C(=O)CCc3nc4ccccc4[nH]3)c(-c3ccccc3)c2c1. The van der Waals surface area contributed by atoms with Crippen molar-refractivity contribution in [3.05, 3.63) is 94.5 Å². The van der Waals surface area contributed by atoms with Gasteiger partial charge in [0.25, 0.3) is 5.56 Å². The van der Waals surface area contributed by atoms with Gasteiger partial charge in [0.05, 0.1) is 16.6 Å². The highest BCUT2D eigenvalue weighted by Crippen LogP contribution is 2.31. The normalized spacial score (nSPS) is 11.2. The fourth-order valence-corrected chi connectivity index (χ4v) is 3.96. The molecule has 6 nitrogen and oxygen atoms in total. The first-order valence-electron chi connectivity index (χ1n) is 10.1. The van der Waals surface area contributed by atoms with E-state index in [0.717, 1.165) is 27.8 Å². The molecule has 4 N–H and O–H groups in total. The predicted molar refractivity (Wildman–Crippen MR) is 123 cm³/mol. The van der Waals surface area contributed by atoms with Crippen molar-refractivity contribution < 1.29 is 4.79 Å². The van der Waals surface area contributed by atoms with Crippen molar-refractivity contribution in [2.75, 3.05) is 5.73 Å². The smallest absolute Gasteiger partial charge is 0.259 e. The van der Waals surface area contributed by atoms with E-state index in [2.05, 4.69) is 15.0 Å². The molecule has 0 amide bonds. The Kier molecular flexibility index (Phi) is 4.59. The summed E-state index contributed by atoms with van der Waals surface area (Å²) in [7, 11) is 0. The number of carbonyl (C=O) groups excluding carboxylic acids is 1. The van der Waals surface area contributed by atoms with Crippen molar-refractivity contribution in [3.63, 3.8) is 0 Å². The molecule has 0 radical (unpaired) electrons. The number of benzene rings is 3. The molecule has 0 bridgehead atoms. The summed E-state index contributed by atoms with van der Waals surface area (Å²) in [5, 5.41) is 0.748. The lowest BCUT2D eigenvalue weighted by molar-refractivity contribution is 0.0981. The van der Waals surface area contributed by atoms with Crippen molar-refractivity contribution in [1.29, 1.82) is 0 Å². The largest absolute Gasteiger partial charge is 0.399 e. The summed E-state index contributed by atoms with van der Waals surface area (Å²) >= 11 is 0. The summed E-state index contributed by atoms with van der Waals surface area (Å²) in [6, 6.07) is 22.5. The number of nitrogens with two attached hydrogens (primary N) is 1. The molecule has 0 fully saturated rings. The highest BCUT2D eigenvalue weighted by molar-refractivity contribution is 6.09. The number of pyridine rings is 1. The van der Waals surface area contributed by atoms with Crippen LogP contribution in [0, 0.1) is 0 Å². The number of nitrogens with one attached hydrogen (secondary N) is 2. The Morgan fingerprint density at radius 3 is 2.48 bits per heavy atom. The van der Waals surface area contributed by atoms with Gasteiger partial charge in [-0.1, -0.05) is 42.5 Å². The Hall–Kier alpha value is -4.19. The second-order valence-corrected chi connectivity index (χ2v) is 7.50. The Labute approximate surface area is 177 Å². The Morgan fingerprint density at radius 2 is 1.68 bits per heavy atom. The van der Waals surface area contributed by atoms with E-state index in [1.165, 1.54) is 0 Å². The van der Waals surface area contributed by atoms with Crippen LogP contribution in [-0.4, -0.2) is 20.7 Å². The van der Waals surface area contributed by atoms with E-state index < -0.39 is 5.56 Å². The van der Waals surface area contributed by atoms with E-state index in [4.69, 9.17) is 5.73 Å². The lowest BCUT2D eigenvalue weighted by Gasteiger charge is -2.13. The third-order valence-electron chi connectivity index (χ3n) is 5.41. The van der Waals surface area contributed by atoms with Gasteiger partial charge in [-0.05, 0) is 35.9 Å². The lowest BCUT2D eigenvalue weighted by Crippen LogP contribution is -2.20. The molecule has 31 heavy (non-hydrogen) atoms. The lowest BCUT2D eigenvalue weighted by atomic mass is 9.92. The summed E-state index contributed by atoms with van der Waals surface area (Å²) in [5.74, 6) is 0.488. The molecule has 2 heterocycles. The van der Waals surface area contributed by atoms with E-state index in [9.17, 15) is 9.59 Å². The van der Waals surface area contributed by atoms with E-state index in [1.807, 2.05) is 54.6 Å². The number of aromatic nitrogens is 3. The van der Waals surface area contributed by atoms with Gasteiger partial charge in [-0.15, -0.1) is 0 Å². The number of carbonyl (C=O) groups is 1. The molecule has 0 unspecified atom stereocenters. The van der Waals surface area contributed by atoms with Gasteiger partial charge in [0.2, 0.25) is 0 Å². The standard InChI is InChI=1S/C25H20N4O2/c26-16-10-11-18-17(14-16)23(15-6-2-1-3-7-15)24(25(31)29-18)21(30)12-13-22-27-19-8-4-5-9-20(19)28-22/h1-11,14H,12-13,26H2,(H,27,28)(H,29,31). The third-order valence-corrected chi connectivity index (χ3v) is 5.41. The highest BCUT2D eigenvalue weighted by Gasteiger charge is 2.21. The number of anilines is 1. The number of Topliss-reactive ketones (excluding diaryl/α,β-unsaturated/α-hetero) is 1. The second-order valence-electron chi connectivity index (χ2n) is 7.50. The van der Waals surface area contributed by atoms with Gasteiger partial charge >= 0.3 is 0 Å². The number of nitrogens with zero attached hydrogens (tertiary/aromatic N) is 1. The molecule has 6 heteroatoms. The minimum Gasteiger partial charge on any atom is -0.399 e. The number of imidazole rings is 1. The summed E-state index contributed by atoms with van der Waals surface area (Å²) in [5.41, 5.74) is 10.2. The molecule has 0 aliphatic heterocycles. The zero-order chi connectivity index (χ0) is 21.4. The number of aryl methyl sites for hydroxylation is 1. The fourth-order valence-electron chi connectivity index (χ4n) is 3.96. The number of fused-ring (bicyclic) bond motifs is 2. The Balaban J connectivity index is 1.58. The van der Waals surface area contributed by atoms with Crippen molar-refractivity contribution in [3.8, 4) is 11.1 Å². The molecule has 5 rings (SSSR count). The van der Waals surface area contributed by atoms with Gasteiger partial charge in [-0.25, -0.2) is 4.98 Å². The second kappa shape index (κ2) is 7.57. The summed E-state index contributed by atoms with van der Waals surface area (Å²) in [6.45, 7) is 0. The van der Waals surface area contributed by atoms with Crippen LogP contribution in [0.25, 0.3) is 33.1 Å². The van der Waals surface area contributed by atoms with Crippen LogP contribution in [0.1, 0.15) is 22.6 Å². The number of aromatic amines is 2. The van der Waals surface area contributed by atoms with Crippen molar-refractivity contribution in [1.82, 2.24) is 15.0 Å². The molecular weight excluding hydrogens is 388 g/mol. The monoisotopic (exact) mass is 408 g/mol. The topological polar surface area (TPSA) is 105 Å². The van der Waals surface area contributed by atoms with Crippen LogP contribution in [0.2, 0.25) is 0 Å². The zero-order valence-electron chi connectivity index (χ0n) is 16.7. The molecular formula is C25H20N4O2. The third kappa shape index (κ3) is 3.48. The number of hydrogen-bond acceptors (Lipinski definition) is 4. The first kappa shape index (κ1) is 18.8. The predicted octanol–water partition coefficient (Wildman–Crippen LogP) is 4.47. The zero-order valence-corrected chi connectivity index (χ0v) is 16.7. The number of nitrogen functional groups attached to an aromatic ring is 1. The van der Waals surface area contributed by atoms with Crippen LogP contribution in [0.15, 0.2) is 77.6 Å². The first-order valence-corrected chi connectivity index (χ1v) is 10.1. The molecule has 0 aliphatic carbocycles. The maximum atomic E-state index is 13.3. The molecule has 0 saturated carbocycles. The van der Waals surface area contributed by atoms with Crippen molar-refractivity contribution >= 4 is 33.4 Å². The average molecular weight is 408 g/mol. The molecule has 0 aliphatic rings. The van der Waals surface area contributed by atoms with E-state index >= 15 is 0 Å². The van der Waals surface area contributed by atoms with Crippen LogP contribution in [0.5, 0.6) is 0 Å². The van der Waals surface area contributed by atoms with E-state index in [1.54, 1.807) is 18.2 Å². The molecule has 2 aromatic heterocycles. The number of rotatable bonds is 5. The van der Waals surface area contributed by atoms with Gasteiger partial charge in [-0.2, -0.15) is 0 Å². The maximum absolute atomic E-state index is 13.3. The maximum Gasteiger partial charge on any atom is 0.259 e.